The van der Waals surface area contributed by atoms with Gasteiger partial charge in [-0.15, -0.1) is 0 Å². The first kappa shape index (κ1) is 13.7. The molecule has 1 aliphatic rings. The second-order valence-corrected chi connectivity index (χ2v) is 5.41. The molecule has 4 nitrogen and oxygen atoms in total. The van der Waals surface area contributed by atoms with E-state index in [1.165, 1.54) is 12.8 Å². The molecule has 4 heteroatoms. The highest BCUT2D eigenvalue weighted by Crippen LogP contribution is 2.30. The lowest BCUT2D eigenvalue weighted by Gasteiger charge is -2.26. The number of benzene rings is 1. The van der Waals surface area contributed by atoms with Gasteiger partial charge < -0.3 is 15.4 Å². The predicted octanol–water partition coefficient (Wildman–Crippen LogP) is 2.29. The first-order valence-corrected chi connectivity index (χ1v) is 6.84. The first-order chi connectivity index (χ1) is 9.08. The maximum absolute atomic E-state index is 12.2. The third-order valence-corrected chi connectivity index (χ3v) is 3.37. The second kappa shape index (κ2) is 5.95. The Kier molecular flexibility index (Phi) is 4.30. The lowest BCUT2D eigenvalue weighted by Crippen LogP contribution is -2.41. The average molecular weight is 262 g/mol. The van der Waals surface area contributed by atoms with Crippen molar-refractivity contribution in [2.24, 2.45) is 5.92 Å². The van der Waals surface area contributed by atoms with E-state index in [1.54, 1.807) is 12.1 Å². The number of nitrogen functional groups attached to an aromatic ring is 1. The molecule has 19 heavy (non-hydrogen) atoms. The molecule has 1 fully saturated rings. The van der Waals surface area contributed by atoms with Gasteiger partial charge in [0.05, 0.1) is 5.69 Å². The van der Waals surface area contributed by atoms with Gasteiger partial charge in [-0.1, -0.05) is 12.1 Å². The standard InChI is InChI=1S/C15H22N2O2/c1-11(2)17(9-12-7-8-12)15(18)10-19-14-6-4-3-5-13(14)16/h3-6,11-12H,7-10,16H2,1-2H3. The van der Waals surface area contributed by atoms with Crippen molar-refractivity contribution < 1.29 is 9.53 Å². The molecule has 1 saturated carbocycles. The van der Waals surface area contributed by atoms with Crippen molar-refractivity contribution in [3.63, 3.8) is 0 Å². The van der Waals surface area contributed by atoms with Crippen LogP contribution in [0.1, 0.15) is 26.7 Å². The molecule has 1 aliphatic carbocycles. The number of nitrogens with two attached hydrogens (primary N) is 1. The summed E-state index contributed by atoms with van der Waals surface area (Å²) >= 11 is 0. The maximum atomic E-state index is 12.2. The van der Waals surface area contributed by atoms with Gasteiger partial charge in [0.1, 0.15) is 5.75 Å². The van der Waals surface area contributed by atoms with Crippen molar-refractivity contribution >= 4 is 11.6 Å². The summed E-state index contributed by atoms with van der Waals surface area (Å²) in [5, 5.41) is 0. The Morgan fingerprint density at radius 1 is 1.42 bits per heavy atom. The number of para-hydroxylation sites is 2. The number of carbonyl (C=O) groups is 1. The summed E-state index contributed by atoms with van der Waals surface area (Å²) in [7, 11) is 0. The van der Waals surface area contributed by atoms with Gasteiger partial charge >= 0.3 is 0 Å². The highest BCUT2D eigenvalue weighted by atomic mass is 16.5. The molecule has 0 spiro atoms. The van der Waals surface area contributed by atoms with Crippen LogP contribution in [0.3, 0.4) is 0 Å². The van der Waals surface area contributed by atoms with Crippen LogP contribution in [0, 0.1) is 5.92 Å². The van der Waals surface area contributed by atoms with Crippen molar-refractivity contribution in [1.29, 1.82) is 0 Å². The summed E-state index contributed by atoms with van der Waals surface area (Å²) in [6.45, 7) is 4.98. The third kappa shape index (κ3) is 3.88. The van der Waals surface area contributed by atoms with Gasteiger partial charge in [0.15, 0.2) is 6.61 Å². The SMILES string of the molecule is CC(C)N(CC1CC1)C(=O)COc1ccccc1N. The zero-order valence-corrected chi connectivity index (χ0v) is 11.6. The number of nitrogens with zero attached hydrogens (tertiary/aromatic N) is 1. The summed E-state index contributed by atoms with van der Waals surface area (Å²) in [5.41, 5.74) is 6.35. The second-order valence-electron chi connectivity index (χ2n) is 5.41. The van der Waals surface area contributed by atoms with Crippen LogP contribution in [-0.2, 0) is 4.79 Å². The van der Waals surface area contributed by atoms with E-state index in [4.69, 9.17) is 10.5 Å². The van der Waals surface area contributed by atoms with E-state index < -0.39 is 0 Å². The highest BCUT2D eigenvalue weighted by molar-refractivity contribution is 5.78. The molecule has 0 bridgehead atoms. The van der Waals surface area contributed by atoms with Crippen molar-refractivity contribution in [3.8, 4) is 5.75 Å². The molecular formula is C15H22N2O2. The van der Waals surface area contributed by atoms with E-state index in [1.807, 2.05) is 30.9 Å². The fraction of sp³-hybridized carbons (Fsp3) is 0.533. The van der Waals surface area contributed by atoms with Crippen LogP contribution >= 0.6 is 0 Å². The fourth-order valence-electron chi connectivity index (χ4n) is 2.01. The fourth-order valence-corrected chi connectivity index (χ4v) is 2.01. The van der Waals surface area contributed by atoms with Crippen LogP contribution in [0.25, 0.3) is 0 Å². The van der Waals surface area contributed by atoms with E-state index in [9.17, 15) is 4.79 Å². The van der Waals surface area contributed by atoms with Crippen LogP contribution in [-0.4, -0.2) is 30.0 Å². The Bertz CT molecular complexity index is 442. The van der Waals surface area contributed by atoms with Crippen LogP contribution < -0.4 is 10.5 Å². The summed E-state index contributed by atoms with van der Waals surface area (Å²) < 4.78 is 5.52. The monoisotopic (exact) mass is 262 g/mol. The lowest BCUT2D eigenvalue weighted by molar-refractivity contribution is -0.135. The summed E-state index contributed by atoms with van der Waals surface area (Å²) in [6.07, 6.45) is 2.48. The maximum Gasteiger partial charge on any atom is 0.260 e. The number of hydrogen-bond donors (Lipinski definition) is 1. The Morgan fingerprint density at radius 2 is 2.11 bits per heavy atom. The minimum atomic E-state index is 0.0325. The van der Waals surface area contributed by atoms with Crippen molar-refractivity contribution in [2.45, 2.75) is 32.7 Å². The topological polar surface area (TPSA) is 55.6 Å². The van der Waals surface area contributed by atoms with Crippen molar-refractivity contribution in [1.82, 2.24) is 4.90 Å². The first-order valence-electron chi connectivity index (χ1n) is 6.84. The number of carbonyl (C=O) groups excluding carboxylic acids is 1. The Morgan fingerprint density at radius 3 is 2.68 bits per heavy atom. The molecule has 0 radical (unpaired) electrons. The Hall–Kier alpha value is -1.71. The minimum absolute atomic E-state index is 0.0325. The normalized spacial score (nSPS) is 14.5. The van der Waals surface area contributed by atoms with Crippen LogP contribution in [0.5, 0.6) is 5.75 Å². The highest BCUT2D eigenvalue weighted by Gasteiger charge is 2.28. The molecule has 2 N–H and O–H groups in total. The molecule has 0 aliphatic heterocycles. The largest absolute Gasteiger partial charge is 0.482 e. The minimum Gasteiger partial charge on any atom is -0.482 e. The van der Waals surface area contributed by atoms with Gasteiger partial charge in [-0.3, -0.25) is 4.79 Å². The molecule has 1 aromatic rings. The van der Waals surface area contributed by atoms with Crippen LogP contribution in [0.2, 0.25) is 0 Å². The number of anilines is 1. The molecule has 1 aromatic carbocycles. The van der Waals surface area contributed by atoms with E-state index in [0.29, 0.717) is 17.4 Å². The summed E-state index contributed by atoms with van der Waals surface area (Å²) in [4.78, 5) is 14.1. The molecule has 104 valence electrons. The van der Waals surface area contributed by atoms with E-state index in [-0.39, 0.29) is 18.6 Å². The predicted molar refractivity (Wildman–Crippen MR) is 75.9 cm³/mol. The van der Waals surface area contributed by atoms with E-state index in [2.05, 4.69) is 0 Å². The number of ether oxygens (including phenoxy) is 1. The van der Waals surface area contributed by atoms with Crippen LogP contribution in [0.4, 0.5) is 5.69 Å². The van der Waals surface area contributed by atoms with E-state index >= 15 is 0 Å². The van der Waals surface area contributed by atoms with Crippen molar-refractivity contribution in [2.75, 3.05) is 18.9 Å². The average Bonchev–Trinajstić information content (AvgIpc) is 3.18. The van der Waals surface area contributed by atoms with Gasteiger partial charge in [-0.05, 0) is 44.7 Å². The van der Waals surface area contributed by atoms with Gasteiger partial charge in [0, 0.05) is 12.6 Å². The molecule has 0 heterocycles. The number of amides is 1. The van der Waals surface area contributed by atoms with Crippen LogP contribution in [0.15, 0.2) is 24.3 Å². The zero-order valence-electron chi connectivity index (χ0n) is 11.6. The van der Waals surface area contributed by atoms with Gasteiger partial charge in [-0.2, -0.15) is 0 Å². The van der Waals surface area contributed by atoms with Gasteiger partial charge in [0.25, 0.3) is 5.91 Å². The molecule has 0 atom stereocenters. The van der Waals surface area contributed by atoms with Gasteiger partial charge in [0.2, 0.25) is 0 Å². The molecular weight excluding hydrogens is 240 g/mol. The number of rotatable bonds is 6. The molecule has 2 rings (SSSR count). The number of hydrogen-bond acceptors (Lipinski definition) is 3. The summed E-state index contributed by atoms with van der Waals surface area (Å²) in [6, 6.07) is 7.45. The Labute approximate surface area is 114 Å². The smallest absolute Gasteiger partial charge is 0.260 e. The summed E-state index contributed by atoms with van der Waals surface area (Å²) in [5.74, 6) is 1.30. The zero-order chi connectivity index (χ0) is 13.8. The molecule has 0 saturated heterocycles. The van der Waals surface area contributed by atoms with E-state index in [0.717, 1.165) is 6.54 Å². The lowest BCUT2D eigenvalue weighted by atomic mass is 10.2. The third-order valence-electron chi connectivity index (χ3n) is 3.37. The van der Waals surface area contributed by atoms with Crippen molar-refractivity contribution in [3.05, 3.63) is 24.3 Å². The Balaban J connectivity index is 1.89. The molecule has 0 unspecified atom stereocenters. The molecule has 0 aromatic heterocycles. The quantitative estimate of drug-likeness (QED) is 0.800. The van der Waals surface area contributed by atoms with Gasteiger partial charge in [-0.25, -0.2) is 0 Å². The molecule has 1 amide bonds.